The van der Waals surface area contributed by atoms with Crippen LogP contribution < -0.4 is 5.32 Å². The van der Waals surface area contributed by atoms with Crippen molar-refractivity contribution in [2.45, 2.75) is 19.4 Å². The summed E-state index contributed by atoms with van der Waals surface area (Å²) in [6.45, 7) is 2.03. The quantitative estimate of drug-likeness (QED) is 0.502. The first-order valence-corrected chi connectivity index (χ1v) is 10.8. The van der Waals surface area contributed by atoms with Crippen LogP contribution >= 0.6 is 27.5 Å². The maximum Gasteiger partial charge on any atom is 0.248 e. The lowest BCUT2D eigenvalue weighted by Crippen LogP contribution is -2.37. The Morgan fingerprint density at radius 2 is 2.00 bits per heavy atom. The van der Waals surface area contributed by atoms with Gasteiger partial charge in [0.2, 0.25) is 17.7 Å². The Balaban J connectivity index is 1.31. The third kappa shape index (κ3) is 4.83. The molecule has 1 aromatic heterocycles. The van der Waals surface area contributed by atoms with Gasteiger partial charge in [-0.25, -0.2) is 0 Å². The molecule has 1 fully saturated rings. The molecule has 1 aliphatic rings. The van der Waals surface area contributed by atoms with Gasteiger partial charge in [0.15, 0.2) is 0 Å². The molecule has 9 heteroatoms. The van der Waals surface area contributed by atoms with E-state index < -0.39 is 0 Å². The van der Waals surface area contributed by atoms with Crippen molar-refractivity contribution in [3.63, 3.8) is 0 Å². The molecule has 0 aliphatic carbocycles. The topological polar surface area (TPSA) is 91.5 Å². The van der Waals surface area contributed by atoms with Gasteiger partial charge in [0, 0.05) is 15.4 Å². The van der Waals surface area contributed by atoms with Crippen molar-refractivity contribution < 1.29 is 14.3 Å². The van der Waals surface area contributed by atoms with Crippen molar-refractivity contribution in [2.24, 2.45) is 5.92 Å². The number of halogens is 2. The van der Waals surface area contributed by atoms with E-state index in [-0.39, 0.29) is 17.6 Å². The normalized spacial score (nSPS) is 15.3. The van der Waals surface area contributed by atoms with E-state index in [1.54, 1.807) is 12.1 Å². The maximum atomic E-state index is 12.6. The van der Waals surface area contributed by atoms with E-state index >= 15 is 0 Å². The lowest BCUT2D eigenvalue weighted by atomic mass is 9.96. The van der Waals surface area contributed by atoms with Gasteiger partial charge in [0.25, 0.3) is 0 Å². The minimum atomic E-state index is -0.127. The molecule has 1 amide bonds. The van der Waals surface area contributed by atoms with E-state index in [1.165, 1.54) is 6.07 Å². The van der Waals surface area contributed by atoms with Crippen LogP contribution in [-0.4, -0.2) is 39.2 Å². The molecule has 2 aromatic carbocycles. The second-order valence-electron chi connectivity index (χ2n) is 7.18. The molecule has 7 nitrogen and oxygen atoms in total. The average Bonchev–Trinajstić information content (AvgIpc) is 3.20. The third-order valence-electron chi connectivity index (χ3n) is 5.10. The zero-order chi connectivity index (χ0) is 21.1. The zero-order valence-corrected chi connectivity index (χ0v) is 18.4. The number of likely N-dealkylation sites (tertiary alicyclic amines) is 1. The average molecular weight is 492 g/mol. The number of aromatic hydroxyl groups is 1. The Hall–Kier alpha value is -2.42. The Morgan fingerprint density at radius 1 is 1.23 bits per heavy atom. The highest BCUT2D eigenvalue weighted by Crippen LogP contribution is 2.29. The van der Waals surface area contributed by atoms with E-state index in [1.807, 2.05) is 24.3 Å². The number of aromatic nitrogens is 2. The summed E-state index contributed by atoms with van der Waals surface area (Å²) in [5, 5.41) is 21.4. The van der Waals surface area contributed by atoms with Crippen molar-refractivity contribution in [3.8, 4) is 17.2 Å². The molecule has 0 unspecified atom stereocenters. The largest absolute Gasteiger partial charge is 0.506 e. The van der Waals surface area contributed by atoms with Crippen LogP contribution in [0, 0.1) is 5.92 Å². The van der Waals surface area contributed by atoms with Gasteiger partial charge in [-0.15, -0.1) is 10.2 Å². The second-order valence-corrected chi connectivity index (χ2v) is 8.47. The summed E-state index contributed by atoms with van der Waals surface area (Å²) < 4.78 is 6.72. The minimum absolute atomic E-state index is 0.00226. The SMILES string of the molecule is O=C(Nc1cc(Cl)ccc1O)C1CCN(Cc2nnc(-c3ccccc3Br)o2)CC1. The standard InChI is InChI=1S/C21H20BrClN4O3/c22-16-4-2-1-3-15(16)21-26-25-19(30-21)12-27-9-7-13(8-10-27)20(29)24-17-11-14(23)5-6-18(17)28/h1-6,11,13,28H,7-10,12H2,(H,24,29). The number of amides is 1. The summed E-state index contributed by atoms with van der Waals surface area (Å²) in [5.41, 5.74) is 1.19. The lowest BCUT2D eigenvalue weighted by Gasteiger charge is -2.30. The summed E-state index contributed by atoms with van der Waals surface area (Å²) in [6.07, 6.45) is 1.41. The van der Waals surface area contributed by atoms with Crippen molar-refractivity contribution >= 4 is 39.1 Å². The van der Waals surface area contributed by atoms with Gasteiger partial charge < -0.3 is 14.8 Å². The molecular weight excluding hydrogens is 472 g/mol. The van der Waals surface area contributed by atoms with Crippen LogP contribution in [0.2, 0.25) is 5.02 Å². The van der Waals surface area contributed by atoms with Crippen LogP contribution in [0.1, 0.15) is 18.7 Å². The van der Waals surface area contributed by atoms with E-state index in [0.717, 1.165) is 23.1 Å². The first-order chi connectivity index (χ1) is 14.5. The number of hydrogen-bond donors (Lipinski definition) is 2. The Kier molecular flexibility index (Phi) is 6.36. The number of piperidine rings is 1. The monoisotopic (exact) mass is 490 g/mol. The van der Waals surface area contributed by atoms with Crippen LogP contribution in [0.4, 0.5) is 5.69 Å². The molecule has 3 aromatic rings. The maximum absolute atomic E-state index is 12.6. The van der Waals surface area contributed by atoms with E-state index in [9.17, 15) is 9.90 Å². The molecule has 0 radical (unpaired) electrons. The van der Waals surface area contributed by atoms with Gasteiger partial charge in [-0.3, -0.25) is 9.69 Å². The number of nitrogens with one attached hydrogen (secondary N) is 1. The van der Waals surface area contributed by atoms with Gasteiger partial charge in [-0.05, 0) is 72.2 Å². The number of carbonyl (C=O) groups excluding carboxylic acids is 1. The summed E-state index contributed by atoms with van der Waals surface area (Å²) >= 11 is 9.43. The molecule has 1 aliphatic heterocycles. The highest BCUT2D eigenvalue weighted by molar-refractivity contribution is 9.10. The van der Waals surface area contributed by atoms with Gasteiger partial charge in [-0.2, -0.15) is 0 Å². The van der Waals surface area contributed by atoms with Crippen molar-refractivity contribution in [1.29, 1.82) is 0 Å². The Morgan fingerprint density at radius 3 is 2.77 bits per heavy atom. The first-order valence-electron chi connectivity index (χ1n) is 9.58. The molecule has 2 heterocycles. The predicted molar refractivity (Wildman–Crippen MR) is 117 cm³/mol. The van der Waals surface area contributed by atoms with Crippen LogP contribution in [-0.2, 0) is 11.3 Å². The lowest BCUT2D eigenvalue weighted by molar-refractivity contribution is -0.121. The number of carbonyl (C=O) groups is 1. The second kappa shape index (κ2) is 9.16. The summed E-state index contributed by atoms with van der Waals surface area (Å²) in [6, 6.07) is 12.3. The fraction of sp³-hybridized carbons (Fsp3) is 0.286. The number of hydrogen-bond acceptors (Lipinski definition) is 6. The van der Waals surface area contributed by atoms with Crippen molar-refractivity contribution in [3.05, 3.63) is 57.9 Å². The molecule has 0 spiro atoms. The van der Waals surface area contributed by atoms with E-state index in [4.69, 9.17) is 16.0 Å². The number of nitrogens with zero attached hydrogens (tertiary/aromatic N) is 3. The fourth-order valence-corrected chi connectivity index (χ4v) is 4.08. The van der Waals surface area contributed by atoms with E-state index in [0.29, 0.717) is 41.9 Å². The van der Waals surface area contributed by atoms with Crippen molar-refractivity contribution in [2.75, 3.05) is 18.4 Å². The minimum Gasteiger partial charge on any atom is -0.506 e. The van der Waals surface area contributed by atoms with Crippen LogP contribution in [0.3, 0.4) is 0 Å². The molecular formula is C21H20BrClN4O3. The zero-order valence-electron chi connectivity index (χ0n) is 16.0. The fourth-order valence-electron chi connectivity index (χ4n) is 3.45. The van der Waals surface area contributed by atoms with Gasteiger partial charge >= 0.3 is 0 Å². The Labute approximate surface area is 187 Å². The molecule has 30 heavy (non-hydrogen) atoms. The third-order valence-corrected chi connectivity index (χ3v) is 6.03. The van der Waals surface area contributed by atoms with Gasteiger partial charge in [-0.1, -0.05) is 23.7 Å². The van der Waals surface area contributed by atoms with Gasteiger partial charge in [0.05, 0.1) is 17.8 Å². The first kappa shape index (κ1) is 20.8. The highest BCUT2D eigenvalue weighted by Gasteiger charge is 2.26. The highest BCUT2D eigenvalue weighted by atomic mass is 79.9. The van der Waals surface area contributed by atoms with Crippen molar-refractivity contribution in [1.82, 2.24) is 15.1 Å². The number of benzene rings is 2. The molecule has 1 saturated heterocycles. The van der Waals surface area contributed by atoms with Crippen LogP contribution in [0.25, 0.3) is 11.5 Å². The molecule has 0 atom stereocenters. The summed E-state index contributed by atoms with van der Waals surface area (Å²) in [5.74, 6) is 0.794. The molecule has 0 saturated carbocycles. The molecule has 0 bridgehead atoms. The smallest absolute Gasteiger partial charge is 0.248 e. The molecule has 4 rings (SSSR count). The summed E-state index contributed by atoms with van der Waals surface area (Å²) in [4.78, 5) is 14.8. The predicted octanol–water partition coefficient (Wildman–Crippen LogP) is 4.71. The van der Waals surface area contributed by atoms with Crippen LogP contribution in [0.15, 0.2) is 51.4 Å². The van der Waals surface area contributed by atoms with E-state index in [2.05, 4.69) is 36.3 Å². The Bertz CT molecular complexity index is 1050. The number of rotatable bonds is 5. The number of phenolic OH excluding ortho intramolecular Hbond substituents is 1. The molecule has 2 N–H and O–H groups in total. The van der Waals surface area contributed by atoms with Gasteiger partial charge in [0.1, 0.15) is 5.75 Å². The summed E-state index contributed by atoms with van der Waals surface area (Å²) in [7, 11) is 0. The number of anilines is 1. The number of phenols is 1. The molecule has 156 valence electrons. The van der Waals surface area contributed by atoms with Crippen LogP contribution in [0.5, 0.6) is 5.75 Å².